The first-order chi connectivity index (χ1) is 12.2. The van der Waals surface area contributed by atoms with Crippen molar-refractivity contribution in [2.75, 3.05) is 24.2 Å². The molecule has 0 saturated heterocycles. The predicted octanol–water partition coefficient (Wildman–Crippen LogP) is 2.88. The highest BCUT2D eigenvalue weighted by atomic mass is 16.3. The van der Waals surface area contributed by atoms with E-state index in [2.05, 4.69) is 21.8 Å². The van der Waals surface area contributed by atoms with E-state index in [1.54, 1.807) is 0 Å². The van der Waals surface area contributed by atoms with E-state index in [0.717, 1.165) is 79.9 Å². The molecule has 0 radical (unpaired) electrons. The van der Waals surface area contributed by atoms with E-state index in [1.807, 2.05) is 0 Å². The number of hydrogen-bond acceptors (Lipinski definition) is 5. The number of aliphatic hydroxyl groups is 1. The number of hydrogen-bond donors (Lipinski definition) is 3. The topological polar surface area (TPSA) is 89.0 Å². The molecule has 0 atom stereocenters. The van der Waals surface area contributed by atoms with Gasteiger partial charge in [0.1, 0.15) is 11.3 Å². The summed E-state index contributed by atoms with van der Waals surface area (Å²) in [6, 6.07) is 0. The van der Waals surface area contributed by atoms with Gasteiger partial charge in [-0.15, -0.1) is 0 Å². The van der Waals surface area contributed by atoms with Crippen LogP contribution in [0.3, 0.4) is 0 Å². The first-order valence-electron chi connectivity index (χ1n) is 9.69. The minimum atomic E-state index is -0.0182. The van der Waals surface area contributed by atoms with Crippen LogP contribution in [0.2, 0.25) is 0 Å². The molecular weight excluding hydrogens is 314 g/mol. The van der Waals surface area contributed by atoms with Crippen LogP contribution in [0.1, 0.15) is 57.0 Å². The smallest absolute Gasteiger partial charge is 0.152 e. The Kier molecular flexibility index (Phi) is 4.31. The van der Waals surface area contributed by atoms with Crippen molar-refractivity contribution in [3.05, 3.63) is 11.5 Å². The summed E-state index contributed by atoms with van der Waals surface area (Å²) in [6.45, 7) is 4.21. The maximum absolute atomic E-state index is 10.1. The summed E-state index contributed by atoms with van der Waals surface area (Å²) in [7, 11) is 0. The van der Waals surface area contributed by atoms with E-state index in [9.17, 15) is 5.11 Å². The monoisotopic (exact) mass is 343 g/mol. The van der Waals surface area contributed by atoms with Gasteiger partial charge in [-0.25, -0.2) is 9.97 Å². The van der Waals surface area contributed by atoms with Crippen LogP contribution < -0.4 is 11.1 Å². The van der Waals surface area contributed by atoms with Crippen molar-refractivity contribution in [2.45, 2.75) is 64.8 Å². The second-order valence-corrected chi connectivity index (χ2v) is 7.78. The first-order valence-corrected chi connectivity index (χ1v) is 9.69. The van der Waals surface area contributed by atoms with Gasteiger partial charge in [0.05, 0.1) is 23.5 Å². The predicted molar refractivity (Wildman–Crippen MR) is 101 cm³/mol. The Bertz CT molecular complexity index is 776. The average molecular weight is 343 g/mol. The number of nitrogen functional groups attached to an aromatic ring is 1. The molecule has 1 saturated carbocycles. The number of nitrogens with two attached hydrogens (primary N) is 1. The zero-order chi connectivity index (χ0) is 17.4. The largest absolute Gasteiger partial charge is 0.396 e. The number of rotatable bonds is 5. The molecule has 1 aliphatic carbocycles. The molecule has 4 rings (SSSR count). The number of aliphatic hydroxyl groups excluding tert-OH is 1. The summed E-state index contributed by atoms with van der Waals surface area (Å²) < 4.78 is 2.34. The summed E-state index contributed by atoms with van der Waals surface area (Å²) in [5, 5.41) is 13.7. The van der Waals surface area contributed by atoms with Crippen LogP contribution in [0.15, 0.2) is 0 Å². The molecule has 0 aromatic carbocycles. The third kappa shape index (κ3) is 2.76. The molecule has 6 nitrogen and oxygen atoms in total. The number of imidazole rings is 1. The molecule has 2 aromatic heterocycles. The Hall–Kier alpha value is -1.82. The van der Waals surface area contributed by atoms with Crippen molar-refractivity contribution in [1.29, 1.82) is 0 Å². The van der Waals surface area contributed by atoms with Gasteiger partial charge in [-0.1, -0.05) is 19.8 Å². The maximum Gasteiger partial charge on any atom is 0.152 e. The van der Waals surface area contributed by atoms with Gasteiger partial charge in [0, 0.05) is 24.9 Å². The highest BCUT2D eigenvalue weighted by molar-refractivity contribution is 5.96. The fourth-order valence-electron chi connectivity index (χ4n) is 4.57. The van der Waals surface area contributed by atoms with Crippen molar-refractivity contribution in [2.24, 2.45) is 5.41 Å². The molecule has 4 N–H and O–H groups in total. The second kappa shape index (κ2) is 6.48. The Morgan fingerprint density at radius 3 is 2.76 bits per heavy atom. The Morgan fingerprint density at radius 2 is 2.04 bits per heavy atom. The van der Waals surface area contributed by atoms with E-state index in [0.29, 0.717) is 5.82 Å². The van der Waals surface area contributed by atoms with Crippen LogP contribution in [0, 0.1) is 5.41 Å². The summed E-state index contributed by atoms with van der Waals surface area (Å²) in [5.41, 5.74) is 10.3. The van der Waals surface area contributed by atoms with Crippen LogP contribution >= 0.6 is 0 Å². The number of fused-ring (bicyclic) bond motifs is 3. The zero-order valence-electron chi connectivity index (χ0n) is 15.1. The molecule has 2 aromatic rings. The summed E-state index contributed by atoms with van der Waals surface area (Å²) in [5.74, 6) is 1.62. The molecule has 0 amide bonds. The highest BCUT2D eigenvalue weighted by Gasteiger charge is 2.35. The lowest BCUT2D eigenvalue weighted by Crippen LogP contribution is -2.29. The summed E-state index contributed by atoms with van der Waals surface area (Å²) in [6.07, 6.45) is 8.59. The number of pyridine rings is 1. The van der Waals surface area contributed by atoms with Crippen LogP contribution in [-0.4, -0.2) is 32.8 Å². The number of nitrogens with zero attached hydrogens (tertiary/aromatic N) is 3. The molecule has 25 heavy (non-hydrogen) atoms. The van der Waals surface area contributed by atoms with Gasteiger partial charge in [-0.05, 0) is 32.1 Å². The quantitative estimate of drug-likeness (QED) is 0.777. The van der Waals surface area contributed by atoms with Crippen molar-refractivity contribution in [3.63, 3.8) is 0 Å². The van der Waals surface area contributed by atoms with Gasteiger partial charge in [-0.2, -0.15) is 0 Å². The van der Waals surface area contributed by atoms with Crippen molar-refractivity contribution >= 4 is 22.5 Å². The molecular formula is C19H29N5O. The Morgan fingerprint density at radius 1 is 1.24 bits per heavy atom. The first kappa shape index (κ1) is 16.6. The van der Waals surface area contributed by atoms with Crippen molar-refractivity contribution in [3.8, 4) is 0 Å². The third-order valence-electron chi connectivity index (χ3n) is 5.93. The fraction of sp³-hybridized carbons (Fsp3) is 0.684. The third-order valence-corrected chi connectivity index (χ3v) is 5.93. The fourth-order valence-corrected chi connectivity index (χ4v) is 4.57. The minimum absolute atomic E-state index is 0.0182. The standard InChI is InChI=1S/C19H29N5O/c1-2-6-14-23-16-17(15-13(22-18(16)20)7-5-10-21-15)24(14)11-19(12-25)8-3-4-9-19/h21,25H,2-12H2,1H3,(H2,20,22). The number of aromatic nitrogens is 3. The minimum Gasteiger partial charge on any atom is -0.396 e. The van der Waals surface area contributed by atoms with E-state index in [1.165, 1.54) is 12.8 Å². The van der Waals surface area contributed by atoms with E-state index in [4.69, 9.17) is 10.7 Å². The average Bonchev–Trinajstić information content (AvgIpc) is 3.23. The van der Waals surface area contributed by atoms with E-state index < -0.39 is 0 Å². The van der Waals surface area contributed by atoms with Crippen LogP contribution in [-0.2, 0) is 19.4 Å². The van der Waals surface area contributed by atoms with Crippen LogP contribution in [0.25, 0.3) is 11.0 Å². The summed E-state index contributed by atoms with van der Waals surface area (Å²) in [4.78, 5) is 9.49. The molecule has 0 bridgehead atoms. The van der Waals surface area contributed by atoms with Crippen LogP contribution in [0.4, 0.5) is 11.5 Å². The highest BCUT2D eigenvalue weighted by Crippen LogP contribution is 2.42. The molecule has 3 heterocycles. The van der Waals surface area contributed by atoms with Gasteiger partial charge >= 0.3 is 0 Å². The molecule has 2 aliphatic rings. The lowest BCUT2D eigenvalue weighted by Gasteiger charge is -2.29. The Labute approximate surface area is 148 Å². The van der Waals surface area contributed by atoms with Gasteiger partial charge in [0.2, 0.25) is 0 Å². The van der Waals surface area contributed by atoms with Gasteiger partial charge < -0.3 is 20.7 Å². The van der Waals surface area contributed by atoms with E-state index in [-0.39, 0.29) is 12.0 Å². The molecule has 1 fully saturated rings. The Balaban J connectivity index is 1.90. The lowest BCUT2D eigenvalue weighted by molar-refractivity contribution is 0.111. The second-order valence-electron chi connectivity index (χ2n) is 7.78. The summed E-state index contributed by atoms with van der Waals surface area (Å²) >= 11 is 0. The van der Waals surface area contributed by atoms with Crippen molar-refractivity contribution < 1.29 is 5.11 Å². The van der Waals surface area contributed by atoms with Crippen LogP contribution in [0.5, 0.6) is 0 Å². The van der Waals surface area contributed by atoms with E-state index >= 15 is 0 Å². The lowest BCUT2D eigenvalue weighted by atomic mass is 9.87. The van der Waals surface area contributed by atoms with Gasteiger partial charge in [0.15, 0.2) is 5.82 Å². The van der Waals surface area contributed by atoms with Gasteiger partial charge in [0.25, 0.3) is 0 Å². The molecule has 6 heteroatoms. The van der Waals surface area contributed by atoms with Gasteiger partial charge in [-0.3, -0.25) is 0 Å². The number of nitrogens with one attached hydrogen (secondary N) is 1. The zero-order valence-corrected chi connectivity index (χ0v) is 15.1. The molecule has 0 unspecified atom stereocenters. The normalized spacial score (nSPS) is 19.1. The van der Waals surface area contributed by atoms with Crippen molar-refractivity contribution in [1.82, 2.24) is 14.5 Å². The number of aryl methyl sites for hydroxylation is 2. The maximum atomic E-state index is 10.1. The molecule has 0 spiro atoms. The number of anilines is 2. The molecule has 1 aliphatic heterocycles. The SMILES string of the molecule is CCCc1nc2c(N)nc3c(c2n1CC1(CO)CCCC1)NCCC3. The molecule has 136 valence electrons.